The highest BCUT2D eigenvalue weighted by Crippen LogP contribution is 2.34. The summed E-state index contributed by atoms with van der Waals surface area (Å²) in [6.07, 6.45) is 0. The Kier molecular flexibility index (Phi) is 5.51. The average molecular weight is 379 g/mol. The number of anilines is 2. The summed E-state index contributed by atoms with van der Waals surface area (Å²) in [7, 11) is 5.57. The van der Waals surface area contributed by atoms with E-state index in [-0.39, 0.29) is 25.0 Å². The number of benzene rings is 2. The van der Waals surface area contributed by atoms with Crippen molar-refractivity contribution in [2.75, 3.05) is 44.1 Å². The zero-order chi connectivity index (χ0) is 20.4. The smallest absolute Gasteiger partial charge is 0.282 e. The Morgan fingerprint density at radius 2 is 1.50 bits per heavy atom. The maximum Gasteiger partial charge on any atom is 0.282 e. The second-order valence-electron chi connectivity index (χ2n) is 7.09. The second kappa shape index (κ2) is 7.86. The van der Waals surface area contributed by atoms with E-state index < -0.39 is 0 Å². The van der Waals surface area contributed by atoms with Crippen molar-refractivity contribution in [1.82, 2.24) is 4.90 Å². The third-order valence-corrected chi connectivity index (χ3v) is 4.84. The van der Waals surface area contributed by atoms with Crippen LogP contribution in [0.4, 0.5) is 11.4 Å². The molecule has 0 atom stereocenters. The van der Waals surface area contributed by atoms with Crippen molar-refractivity contribution >= 4 is 28.8 Å². The summed E-state index contributed by atoms with van der Waals surface area (Å²) in [6, 6.07) is 14.8. The van der Waals surface area contributed by atoms with Crippen LogP contribution in [0.5, 0.6) is 0 Å². The van der Waals surface area contributed by atoms with Crippen LogP contribution in [0.1, 0.15) is 11.1 Å². The van der Waals surface area contributed by atoms with Gasteiger partial charge in [0.1, 0.15) is 5.70 Å². The van der Waals surface area contributed by atoms with Crippen molar-refractivity contribution in [3.05, 3.63) is 65.4 Å². The molecule has 28 heavy (non-hydrogen) atoms. The van der Waals surface area contributed by atoms with Crippen LogP contribution in [0.2, 0.25) is 0 Å². The average Bonchev–Trinajstić information content (AvgIpc) is 2.93. The summed E-state index contributed by atoms with van der Waals surface area (Å²) in [5.41, 5.74) is 3.93. The molecule has 1 aliphatic heterocycles. The molecular weight excluding hydrogens is 354 g/mol. The molecule has 0 spiro atoms. The van der Waals surface area contributed by atoms with Gasteiger partial charge in [0, 0.05) is 33.4 Å². The van der Waals surface area contributed by atoms with Crippen molar-refractivity contribution in [2.24, 2.45) is 0 Å². The van der Waals surface area contributed by atoms with Gasteiger partial charge in [0.15, 0.2) is 0 Å². The van der Waals surface area contributed by atoms with Crippen LogP contribution in [-0.4, -0.2) is 56.1 Å². The number of hydrogen-bond acceptors (Lipinski definition) is 5. The summed E-state index contributed by atoms with van der Waals surface area (Å²) in [4.78, 5) is 31.3. The van der Waals surface area contributed by atoms with Crippen LogP contribution in [0.15, 0.2) is 54.2 Å². The van der Waals surface area contributed by atoms with Crippen LogP contribution in [-0.2, 0) is 9.59 Å². The SMILES string of the molecule is Cc1ccc(C2=C(N(C)CCO)C(=O)N(c3ccc(N(C)C)cc3)C2=O)cc1. The van der Waals surface area contributed by atoms with Gasteiger partial charge in [0.25, 0.3) is 11.8 Å². The molecule has 0 saturated carbocycles. The molecule has 0 aromatic heterocycles. The number of nitrogens with zero attached hydrogens (tertiary/aromatic N) is 3. The number of imide groups is 1. The van der Waals surface area contributed by atoms with Crippen molar-refractivity contribution < 1.29 is 14.7 Å². The maximum absolute atomic E-state index is 13.3. The van der Waals surface area contributed by atoms with Gasteiger partial charge in [-0.3, -0.25) is 9.59 Å². The van der Waals surface area contributed by atoms with Crippen LogP contribution in [0.3, 0.4) is 0 Å². The van der Waals surface area contributed by atoms with Crippen LogP contribution in [0, 0.1) is 6.92 Å². The van der Waals surface area contributed by atoms with Gasteiger partial charge >= 0.3 is 0 Å². The molecule has 2 amide bonds. The molecule has 0 fully saturated rings. The molecule has 1 heterocycles. The minimum absolute atomic E-state index is 0.111. The lowest BCUT2D eigenvalue weighted by Crippen LogP contribution is -2.34. The molecule has 2 aromatic rings. The second-order valence-corrected chi connectivity index (χ2v) is 7.09. The van der Waals surface area contributed by atoms with E-state index in [1.807, 2.05) is 62.3 Å². The number of hydrogen-bond donors (Lipinski definition) is 1. The summed E-state index contributed by atoms with van der Waals surface area (Å²) in [6.45, 7) is 2.12. The Morgan fingerprint density at radius 1 is 0.893 bits per heavy atom. The third-order valence-electron chi connectivity index (χ3n) is 4.84. The molecule has 0 aliphatic carbocycles. The van der Waals surface area contributed by atoms with Crippen molar-refractivity contribution in [3.8, 4) is 0 Å². The molecule has 0 radical (unpaired) electrons. The summed E-state index contributed by atoms with van der Waals surface area (Å²) in [5.74, 6) is -0.736. The standard InChI is InChI=1S/C22H25N3O3/c1-15-5-7-16(8-6-15)19-20(24(4)13-14-26)22(28)25(21(19)27)18-11-9-17(10-12-18)23(2)3/h5-12,26H,13-14H2,1-4H3. The van der Waals surface area contributed by atoms with Gasteiger partial charge in [0.2, 0.25) is 0 Å². The van der Waals surface area contributed by atoms with E-state index in [0.717, 1.165) is 11.3 Å². The van der Waals surface area contributed by atoms with E-state index in [0.29, 0.717) is 22.5 Å². The Hall–Kier alpha value is -3.12. The third kappa shape index (κ3) is 3.51. The molecule has 146 valence electrons. The minimum atomic E-state index is -0.380. The lowest BCUT2D eigenvalue weighted by molar-refractivity contribution is -0.120. The number of rotatable bonds is 6. The fourth-order valence-electron chi connectivity index (χ4n) is 3.25. The van der Waals surface area contributed by atoms with E-state index in [9.17, 15) is 14.7 Å². The van der Waals surface area contributed by atoms with Crippen LogP contribution < -0.4 is 9.80 Å². The van der Waals surface area contributed by atoms with Gasteiger partial charge in [-0.15, -0.1) is 0 Å². The van der Waals surface area contributed by atoms with E-state index in [2.05, 4.69) is 0 Å². The Morgan fingerprint density at radius 3 is 2.04 bits per heavy atom. The normalized spacial score (nSPS) is 14.1. The maximum atomic E-state index is 13.3. The Balaban J connectivity index is 2.07. The summed E-state index contributed by atoms with van der Waals surface area (Å²) in [5, 5.41) is 9.33. The van der Waals surface area contributed by atoms with E-state index in [4.69, 9.17) is 0 Å². The number of carbonyl (C=O) groups is 2. The van der Waals surface area contributed by atoms with Gasteiger partial charge in [-0.25, -0.2) is 4.90 Å². The molecule has 1 aliphatic rings. The largest absolute Gasteiger partial charge is 0.395 e. The topological polar surface area (TPSA) is 64.1 Å². The number of likely N-dealkylation sites (N-methyl/N-ethyl adjacent to an activating group) is 1. The fraction of sp³-hybridized carbons (Fsp3) is 0.273. The highest BCUT2D eigenvalue weighted by atomic mass is 16.3. The molecule has 6 heteroatoms. The highest BCUT2D eigenvalue weighted by Gasteiger charge is 2.41. The predicted octanol–water partition coefficient (Wildman–Crippen LogP) is 2.27. The fourth-order valence-corrected chi connectivity index (χ4v) is 3.25. The minimum Gasteiger partial charge on any atom is -0.395 e. The van der Waals surface area contributed by atoms with Crippen molar-refractivity contribution in [1.29, 1.82) is 0 Å². The number of carbonyl (C=O) groups excluding carboxylic acids is 2. The molecule has 3 rings (SSSR count). The highest BCUT2D eigenvalue weighted by molar-refractivity contribution is 6.45. The number of aliphatic hydroxyl groups excluding tert-OH is 1. The Bertz CT molecular complexity index is 915. The van der Waals surface area contributed by atoms with Gasteiger partial charge in [-0.05, 0) is 36.8 Å². The molecular formula is C22H25N3O3. The molecule has 2 aromatic carbocycles. The zero-order valence-corrected chi connectivity index (χ0v) is 16.6. The summed E-state index contributed by atoms with van der Waals surface area (Å²) >= 11 is 0. The number of amides is 2. The lowest BCUT2D eigenvalue weighted by Gasteiger charge is -2.21. The van der Waals surface area contributed by atoms with Gasteiger partial charge in [-0.2, -0.15) is 0 Å². The van der Waals surface area contributed by atoms with Gasteiger partial charge in [-0.1, -0.05) is 29.8 Å². The van der Waals surface area contributed by atoms with Gasteiger partial charge in [0.05, 0.1) is 17.9 Å². The molecule has 0 unspecified atom stereocenters. The predicted molar refractivity (Wildman–Crippen MR) is 111 cm³/mol. The molecule has 0 saturated heterocycles. The quantitative estimate of drug-likeness (QED) is 0.780. The zero-order valence-electron chi connectivity index (χ0n) is 16.6. The lowest BCUT2D eigenvalue weighted by atomic mass is 10.0. The van der Waals surface area contributed by atoms with Crippen LogP contribution in [0.25, 0.3) is 5.57 Å². The first-order chi connectivity index (χ1) is 13.3. The molecule has 6 nitrogen and oxygen atoms in total. The van der Waals surface area contributed by atoms with E-state index >= 15 is 0 Å². The Labute approximate surface area is 165 Å². The van der Waals surface area contributed by atoms with Gasteiger partial charge < -0.3 is 14.9 Å². The number of aliphatic hydroxyl groups is 1. The van der Waals surface area contributed by atoms with Crippen molar-refractivity contribution in [3.63, 3.8) is 0 Å². The number of aryl methyl sites for hydroxylation is 1. The molecule has 0 bridgehead atoms. The van der Waals surface area contributed by atoms with E-state index in [1.165, 1.54) is 4.90 Å². The van der Waals surface area contributed by atoms with Crippen molar-refractivity contribution in [2.45, 2.75) is 6.92 Å². The van der Waals surface area contributed by atoms with E-state index in [1.54, 1.807) is 24.1 Å². The first kappa shape index (κ1) is 19.6. The van der Waals surface area contributed by atoms with Crippen LogP contribution >= 0.6 is 0 Å². The molecule has 1 N–H and O–H groups in total. The monoisotopic (exact) mass is 379 g/mol. The first-order valence-electron chi connectivity index (χ1n) is 9.14. The first-order valence-corrected chi connectivity index (χ1v) is 9.14. The summed E-state index contributed by atoms with van der Waals surface area (Å²) < 4.78 is 0.